The number of hydrogen-bond acceptors (Lipinski definition) is 8. The predicted molar refractivity (Wildman–Crippen MR) is 105 cm³/mol. The van der Waals surface area contributed by atoms with Gasteiger partial charge in [0.1, 0.15) is 5.82 Å². The van der Waals surface area contributed by atoms with Crippen molar-refractivity contribution in [3.63, 3.8) is 0 Å². The summed E-state index contributed by atoms with van der Waals surface area (Å²) in [5.74, 6) is 0.669. The third-order valence-corrected chi connectivity index (χ3v) is 6.46. The number of carbonyl (C=O) groups excluding carboxylic acids is 1. The highest BCUT2D eigenvalue weighted by Crippen LogP contribution is 2.31. The number of carbonyl (C=O) groups is 1. The van der Waals surface area contributed by atoms with Crippen LogP contribution in [0.5, 0.6) is 0 Å². The van der Waals surface area contributed by atoms with Crippen LogP contribution >= 0.6 is 11.3 Å². The van der Waals surface area contributed by atoms with Gasteiger partial charge in [0.15, 0.2) is 0 Å². The quantitative estimate of drug-likeness (QED) is 0.599. The van der Waals surface area contributed by atoms with E-state index in [0.29, 0.717) is 33.7 Å². The van der Waals surface area contributed by atoms with E-state index in [2.05, 4.69) is 25.2 Å². The standard InChI is InChI=1S/C17H19N5O4S2/c1-4-16-21-17(22-26-16)12-8-13(11(3)27-12)28(24,25)19-9-15(23)20-14-7-10(2)5-6-18-14/h5-8,19H,4,9H2,1-3H3,(H,18,20,23). The van der Waals surface area contributed by atoms with Crippen LogP contribution in [0, 0.1) is 13.8 Å². The smallest absolute Gasteiger partial charge is 0.242 e. The number of pyridine rings is 1. The van der Waals surface area contributed by atoms with Crippen molar-refractivity contribution in [1.29, 1.82) is 0 Å². The molecule has 0 aromatic carbocycles. The molecule has 3 aromatic rings. The van der Waals surface area contributed by atoms with Crippen LogP contribution in [0.2, 0.25) is 0 Å². The summed E-state index contributed by atoms with van der Waals surface area (Å²) < 4.78 is 32.6. The van der Waals surface area contributed by atoms with Crippen LogP contribution in [-0.2, 0) is 21.2 Å². The molecule has 0 aliphatic heterocycles. The van der Waals surface area contributed by atoms with Crippen molar-refractivity contribution in [3.05, 3.63) is 40.7 Å². The maximum atomic E-state index is 12.6. The fourth-order valence-corrected chi connectivity index (χ4v) is 4.87. The molecule has 3 aromatic heterocycles. The molecule has 9 nitrogen and oxygen atoms in total. The molecule has 1 amide bonds. The number of nitrogens with one attached hydrogen (secondary N) is 2. The van der Waals surface area contributed by atoms with Crippen LogP contribution < -0.4 is 10.0 Å². The Morgan fingerprint density at radius 1 is 1.29 bits per heavy atom. The Hall–Kier alpha value is -2.63. The van der Waals surface area contributed by atoms with Crippen molar-refractivity contribution in [2.75, 3.05) is 11.9 Å². The summed E-state index contributed by atoms with van der Waals surface area (Å²) in [5.41, 5.74) is 0.931. The summed E-state index contributed by atoms with van der Waals surface area (Å²) in [6.45, 7) is 5.02. The lowest BCUT2D eigenvalue weighted by atomic mass is 10.3. The van der Waals surface area contributed by atoms with Crippen LogP contribution in [-0.4, -0.2) is 36.0 Å². The maximum Gasteiger partial charge on any atom is 0.242 e. The number of aryl methyl sites for hydroxylation is 3. The number of aromatic nitrogens is 3. The van der Waals surface area contributed by atoms with Crippen LogP contribution in [0.3, 0.4) is 0 Å². The molecular weight excluding hydrogens is 402 g/mol. The molecule has 0 bridgehead atoms. The maximum absolute atomic E-state index is 12.6. The molecular formula is C17H19N5O4S2. The normalized spacial score (nSPS) is 11.5. The number of amides is 1. The van der Waals surface area contributed by atoms with Crippen molar-refractivity contribution < 1.29 is 17.7 Å². The first-order valence-corrected chi connectivity index (χ1v) is 10.7. The van der Waals surface area contributed by atoms with Gasteiger partial charge in [-0.2, -0.15) is 4.98 Å². The van der Waals surface area contributed by atoms with Gasteiger partial charge in [0.05, 0.1) is 16.3 Å². The molecule has 0 radical (unpaired) electrons. The Morgan fingerprint density at radius 2 is 2.07 bits per heavy atom. The zero-order valence-corrected chi connectivity index (χ0v) is 17.1. The lowest BCUT2D eigenvalue weighted by Crippen LogP contribution is -2.33. The van der Waals surface area contributed by atoms with Crippen LogP contribution in [0.25, 0.3) is 10.7 Å². The van der Waals surface area contributed by atoms with Gasteiger partial charge in [-0.3, -0.25) is 4.79 Å². The predicted octanol–water partition coefficient (Wildman–Crippen LogP) is 2.29. The van der Waals surface area contributed by atoms with Gasteiger partial charge in [-0.25, -0.2) is 18.1 Å². The summed E-state index contributed by atoms with van der Waals surface area (Å²) in [6.07, 6.45) is 2.15. The SMILES string of the molecule is CCc1nc(-c2cc(S(=O)(=O)NCC(=O)Nc3cc(C)ccn3)c(C)s2)no1. The van der Waals surface area contributed by atoms with E-state index >= 15 is 0 Å². The topological polar surface area (TPSA) is 127 Å². The minimum atomic E-state index is -3.88. The van der Waals surface area contributed by atoms with E-state index in [-0.39, 0.29) is 4.90 Å². The Labute approximate surface area is 166 Å². The van der Waals surface area contributed by atoms with Gasteiger partial charge in [0, 0.05) is 17.5 Å². The highest BCUT2D eigenvalue weighted by atomic mass is 32.2. The summed E-state index contributed by atoms with van der Waals surface area (Å²) in [4.78, 5) is 21.5. The van der Waals surface area contributed by atoms with Crippen molar-refractivity contribution in [1.82, 2.24) is 19.8 Å². The monoisotopic (exact) mass is 421 g/mol. The molecule has 0 unspecified atom stereocenters. The average Bonchev–Trinajstić information content (AvgIpc) is 3.27. The lowest BCUT2D eigenvalue weighted by Gasteiger charge is -2.07. The molecule has 28 heavy (non-hydrogen) atoms. The third-order valence-electron chi connectivity index (χ3n) is 3.76. The highest BCUT2D eigenvalue weighted by molar-refractivity contribution is 7.89. The number of sulfonamides is 1. The first-order chi connectivity index (χ1) is 13.3. The molecule has 11 heteroatoms. The van der Waals surface area contributed by atoms with Crippen LogP contribution in [0.1, 0.15) is 23.3 Å². The molecule has 0 saturated heterocycles. The third kappa shape index (κ3) is 4.61. The van der Waals surface area contributed by atoms with Gasteiger partial charge >= 0.3 is 0 Å². The van der Waals surface area contributed by atoms with Crippen LogP contribution in [0.4, 0.5) is 5.82 Å². The fraction of sp³-hybridized carbons (Fsp3) is 0.294. The van der Waals surface area contributed by atoms with Crippen molar-refractivity contribution >= 4 is 33.1 Å². The molecule has 3 heterocycles. The van der Waals surface area contributed by atoms with Gasteiger partial charge in [0.2, 0.25) is 27.6 Å². The average molecular weight is 422 g/mol. The minimum Gasteiger partial charge on any atom is -0.339 e. The second kappa shape index (κ2) is 8.17. The highest BCUT2D eigenvalue weighted by Gasteiger charge is 2.23. The molecule has 0 aliphatic rings. The van der Waals surface area contributed by atoms with E-state index in [0.717, 1.165) is 5.56 Å². The Balaban J connectivity index is 1.69. The second-order valence-electron chi connectivity index (χ2n) is 5.99. The zero-order valence-electron chi connectivity index (χ0n) is 15.5. The molecule has 0 fully saturated rings. The first-order valence-electron chi connectivity index (χ1n) is 8.44. The number of rotatable bonds is 7. The zero-order chi connectivity index (χ0) is 20.3. The Kier molecular flexibility index (Phi) is 5.87. The Morgan fingerprint density at radius 3 is 2.75 bits per heavy atom. The summed E-state index contributed by atoms with van der Waals surface area (Å²) in [5, 5.41) is 6.41. The van der Waals surface area contributed by atoms with Gasteiger partial charge in [-0.15, -0.1) is 11.3 Å². The van der Waals surface area contributed by atoms with Gasteiger partial charge in [-0.05, 0) is 37.6 Å². The molecule has 0 aliphatic carbocycles. The van der Waals surface area contributed by atoms with E-state index in [1.54, 1.807) is 25.3 Å². The van der Waals surface area contributed by atoms with Gasteiger partial charge < -0.3 is 9.84 Å². The molecule has 0 saturated carbocycles. The van der Waals surface area contributed by atoms with E-state index in [1.807, 2.05) is 13.8 Å². The van der Waals surface area contributed by atoms with E-state index in [4.69, 9.17) is 4.52 Å². The molecule has 0 atom stereocenters. The lowest BCUT2D eigenvalue weighted by molar-refractivity contribution is -0.115. The number of anilines is 1. The molecule has 3 rings (SSSR count). The second-order valence-corrected chi connectivity index (χ2v) is 8.98. The summed E-state index contributed by atoms with van der Waals surface area (Å²) in [7, 11) is -3.88. The van der Waals surface area contributed by atoms with Gasteiger partial charge in [-0.1, -0.05) is 12.1 Å². The fourth-order valence-electron chi connectivity index (χ4n) is 2.37. The Bertz CT molecular complexity index is 1100. The van der Waals surface area contributed by atoms with Crippen LogP contribution in [0.15, 0.2) is 33.8 Å². The van der Waals surface area contributed by atoms with Crippen molar-refractivity contribution in [3.8, 4) is 10.7 Å². The molecule has 148 valence electrons. The number of nitrogens with zero attached hydrogens (tertiary/aromatic N) is 3. The van der Waals surface area contributed by atoms with E-state index in [1.165, 1.54) is 17.4 Å². The van der Waals surface area contributed by atoms with E-state index < -0.39 is 22.5 Å². The summed E-state index contributed by atoms with van der Waals surface area (Å²) >= 11 is 1.24. The number of thiophene rings is 1. The number of hydrogen-bond donors (Lipinski definition) is 2. The van der Waals surface area contributed by atoms with Crippen molar-refractivity contribution in [2.24, 2.45) is 0 Å². The van der Waals surface area contributed by atoms with Crippen molar-refractivity contribution in [2.45, 2.75) is 32.1 Å². The first kappa shape index (κ1) is 20.1. The summed E-state index contributed by atoms with van der Waals surface area (Å²) in [6, 6.07) is 4.96. The van der Waals surface area contributed by atoms with E-state index in [9.17, 15) is 13.2 Å². The molecule has 0 spiro atoms. The molecule has 2 N–H and O–H groups in total. The largest absolute Gasteiger partial charge is 0.339 e. The minimum absolute atomic E-state index is 0.0804. The van der Waals surface area contributed by atoms with Gasteiger partial charge in [0.25, 0.3) is 0 Å².